The van der Waals surface area contributed by atoms with Gasteiger partial charge in [0.2, 0.25) is 5.91 Å². The van der Waals surface area contributed by atoms with Crippen LogP contribution in [0.15, 0.2) is 41.8 Å². The van der Waals surface area contributed by atoms with Crippen molar-refractivity contribution in [3.05, 3.63) is 53.0 Å². The summed E-state index contributed by atoms with van der Waals surface area (Å²) in [5.74, 6) is 0.547. The fourth-order valence-electron chi connectivity index (χ4n) is 4.50. The number of hydrogen-bond donors (Lipinski definition) is 2. The number of carbonyl (C=O) groups is 2. The Hall–Kier alpha value is -2.64. The largest absolute Gasteiger partial charge is 0.392 e. The van der Waals surface area contributed by atoms with Crippen LogP contribution in [0.1, 0.15) is 55.6 Å². The van der Waals surface area contributed by atoms with Crippen LogP contribution in [0.2, 0.25) is 0 Å². The molecule has 170 valence electrons. The second-order valence-electron chi connectivity index (χ2n) is 8.68. The molecule has 2 heterocycles. The number of aliphatic hydroxyl groups is 1. The molecule has 2 aromatic heterocycles. The Labute approximate surface area is 192 Å². The van der Waals surface area contributed by atoms with Gasteiger partial charge in [-0.25, -0.2) is 0 Å². The Morgan fingerprint density at radius 3 is 2.53 bits per heavy atom. The molecule has 2 N–H and O–H groups in total. The van der Waals surface area contributed by atoms with Crippen molar-refractivity contribution in [2.75, 3.05) is 11.4 Å². The zero-order valence-corrected chi connectivity index (χ0v) is 19.5. The highest BCUT2D eigenvalue weighted by Crippen LogP contribution is 2.28. The van der Waals surface area contributed by atoms with E-state index < -0.39 is 0 Å². The summed E-state index contributed by atoms with van der Waals surface area (Å²) in [5.41, 5.74) is 3.05. The number of thiophene rings is 1. The van der Waals surface area contributed by atoms with E-state index in [1.54, 1.807) is 16.2 Å². The molecular formula is C25H31N3O3S. The lowest BCUT2D eigenvalue weighted by molar-refractivity contribution is -0.119. The van der Waals surface area contributed by atoms with E-state index in [0.717, 1.165) is 53.1 Å². The monoisotopic (exact) mass is 453 g/mol. The lowest BCUT2D eigenvalue weighted by Crippen LogP contribution is -2.39. The average Bonchev–Trinajstić information content (AvgIpc) is 3.39. The number of hydrogen-bond acceptors (Lipinski definition) is 4. The van der Waals surface area contributed by atoms with Gasteiger partial charge in [0.1, 0.15) is 12.2 Å². The molecule has 4 rings (SSSR count). The van der Waals surface area contributed by atoms with E-state index in [4.69, 9.17) is 0 Å². The summed E-state index contributed by atoms with van der Waals surface area (Å²) in [4.78, 5) is 28.2. The predicted molar refractivity (Wildman–Crippen MR) is 129 cm³/mol. The molecule has 1 fully saturated rings. The van der Waals surface area contributed by atoms with Gasteiger partial charge in [-0.1, -0.05) is 19.1 Å². The van der Waals surface area contributed by atoms with Gasteiger partial charge in [-0.05, 0) is 73.7 Å². The summed E-state index contributed by atoms with van der Waals surface area (Å²) in [7, 11) is 0. The first-order chi connectivity index (χ1) is 15.5. The second-order valence-corrected chi connectivity index (χ2v) is 9.63. The molecule has 2 amide bonds. The average molecular weight is 454 g/mol. The van der Waals surface area contributed by atoms with Crippen molar-refractivity contribution in [2.24, 2.45) is 5.92 Å². The summed E-state index contributed by atoms with van der Waals surface area (Å²) >= 11 is 1.58. The number of benzene rings is 1. The molecular weight excluding hydrogens is 422 g/mol. The van der Waals surface area contributed by atoms with Gasteiger partial charge in [-0.3, -0.25) is 9.59 Å². The molecule has 0 bridgehead atoms. The molecule has 0 spiro atoms. The smallest absolute Gasteiger partial charge is 0.268 e. The Kier molecular flexibility index (Phi) is 6.96. The Balaban J connectivity index is 1.55. The van der Waals surface area contributed by atoms with Crippen LogP contribution in [0.5, 0.6) is 0 Å². The SMILES string of the molecule is CCN(C(=O)Cn1c(C(=O)NC2CCC(C)CC2)cc2sccc21)c1ccc(CO)cc1. The van der Waals surface area contributed by atoms with E-state index in [-0.39, 0.29) is 31.0 Å². The third kappa shape index (κ3) is 4.74. The molecule has 1 saturated carbocycles. The lowest BCUT2D eigenvalue weighted by atomic mass is 9.87. The highest BCUT2D eigenvalue weighted by atomic mass is 32.1. The van der Waals surface area contributed by atoms with E-state index in [2.05, 4.69) is 12.2 Å². The first kappa shape index (κ1) is 22.6. The molecule has 0 saturated heterocycles. The van der Waals surface area contributed by atoms with Gasteiger partial charge in [-0.15, -0.1) is 11.3 Å². The van der Waals surface area contributed by atoms with Crippen molar-refractivity contribution in [3.63, 3.8) is 0 Å². The van der Waals surface area contributed by atoms with E-state index in [9.17, 15) is 14.7 Å². The highest BCUT2D eigenvalue weighted by Gasteiger charge is 2.25. The summed E-state index contributed by atoms with van der Waals surface area (Å²) in [6.45, 7) is 4.79. The molecule has 32 heavy (non-hydrogen) atoms. The van der Waals surface area contributed by atoms with Crippen LogP contribution in [-0.4, -0.2) is 34.1 Å². The van der Waals surface area contributed by atoms with Crippen LogP contribution in [-0.2, 0) is 17.9 Å². The van der Waals surface area contributed by atoms with Crippen molar-refractivity contribution in [1.82, 2.24) is 9.88 Å². The van der Waals surface area contributed by atoms with Gasteiger partial charge in [0.15, 0.2) is 0 Å². The summed E-state index contributed by atoms with van der Waals surface area (Å²) in [6, 6.07) is 11.4. The number of nitrogens with zero attached hydrogens (tertiary/aromatic N) is 2. The molecule has 7 heteroatoms. The standard InChI is InChI=1S/C25H31N3O3S/c1-3-27(20-10-6-18(16-29)7-11-20)24(30)15-28-21-12-13-32-23(21)14-22(28)25(31)26-19-8-4-17(2)5-9-19/h6-7,10-14,17,19,29H,3-5,8-9,15-16H2,1-2H3,(H,26,31). The van der Waals surface area contributed by atoms with Crippen molar-refractivity contribution >= 4 is 39.1 Å². The molecule has 6 nitrogen and oxygen atoms in total. The molecule has 1 aliphatic rings. The first-order valence-corrected chi connectivity index (χ1v) is 12.3. The van der Waals surface area contributed by atoms with Crippen LogP contribution in [0.3, 0.4) is 0 Å². The molecule has 0 radical (unpaired) electrons. The minimum absolute atomic E-state index is 0.0295. The number of nitrogens with one attached hydrogen (secondary N) is 1. The third-order valence-electron chi connectivity index (χ3n) is 6.45. The number of amides is 2. The summed E-state index contributed by atoms with van der Waals surface area (Å²) in [6.07, 6.45) is 4.29. The number of likely N-dealkylation sites (N-methyl/N-ethyl adjacent to an activating group) is 1. The van der Waals surface area contributed by atoms with Crippen LogP contribution in [0.4, 0.5) is 5.69 Å². The quantitative estimate of drug-likeness (QED) is 0.551. The molecule has 0 aliphatic heterocycles. The van der Waals surface area contributed by atoms with Gasteiger partial charge < -0.3 is 19.9 Å². The van der Waals surface area contributed by atoms with Gasteiger partial charge in [-0.2, -0.15) is 0 Å². The van der Waals surface area contributed by atoms with E-state index in [1.165, 1.54) is 0 Å². The molecule has 1 aliphatic carbocycles. The number of aromatic nitrogens is 1. The lowest BCUT2D eigenvalue weighted by Gasteiger charge is -2.27. The minimum Gasteiger partial charge on any atom is -0.392 e. The van der Waals surface area contributed by atoms with Crippen LogP contribution < -0.4 is 10.2 Å². The fourth-order valence-corrected chi connectivity index (χ4v) is 5.33. The van der Waals surface area contributed by atoms with Crippen molar-refractivity contribution in [1.29, 1.82) is 0 Å². The van der Waals surface area contributed by atoms with Crippen LogP contribution in [0.25, 0.3) is 10.2 Å². The van der Waals surface area contributed by atoms with Gasteiger partial charge in [0.05, 0.1) is 16.8 Å². The van der Waals surface area contributed by atoms with Gasteiger partial charge >= 0.3 is 0 Å². The second kappa shape index (κ2) is 9.88. The van der Waals surface area contributed by atoms with Crippen molar-refractivity contribution < 1.29 is 14.7 Å². The van der Waals surface area contributed by atoms with Gasteiger partial charge in [0.25, 0.3) is 5.91 Å². The maximum Gasteiger partial charge on any atom is 0.268 e. The van der Waals surface area contributed by atoms with Crippen LogP contribution >= 0.6 is 11.3 Å². The Morgan fingerprint density at radius 2 is 1.88 bits per heavy atom. The number of rotatable bonds is 7. The van der Waals surface area contributed by atoms with E-state index in [0.29, 0.717) is 12.2 Å². The maximum atomic E-state index is 13.3. The highest BCUT2D eigenvalue weighted by molar-refractivity contribution is 7.17. The number of aliphatic hydroxyl groups excluding tert-OH is 1. The number of carbonyl (C=O) groups excluding carboxylic acids is 2. The normalized spacial score (nSPS) is 18.6. The van der Waals surface area contributed by atoms with Crippen molar-refractivity contribution in [3.8, 4) is 0 Å². The summed E-state index contributed by atoms with van der Waals surface area (Å²) in [5, 5.41) is 14.5. The van der Waals surface area contributed by atoms with Crippen molar-refractivity contribution in [2.45, 2.75) is 58.7 Å². The molecule has 0 atom stereocenters. The number of anilines is 1. The summed E-state index contributed by atoms with van der Waals surface area (Å²) < 4.78 is 2.86. The van der Waals surface area contributed by atoms with E-state index in [1.807, 2.05) is 53.3 Å². The molecule has 3 aromatic rings. The van der Waals surface area contributed by atoms with Gasteiger partial charge in [0, 0.05) is 18.3 Å². The Bertz CT molecular complexity index is 1080. The fraction of sp³-hybridized carbons (Fsp3) is 0.440. The number of fused-ring (bicyclic) bond motifs is 1. The zero-order valence-electron chi connectivity index (χ0n) is 18.7. The molecule has 0 unspecified atom stereocenters. The van der Waals surface area contributed by atoms with E-state index >= 15 is 0 Å². The third-order valence-corrected chi connectivity index (χ3v) is 7.30. The Morgan fingerprint density at radius 1 is 1.16 bits per heavy atom. The zero-order chi connectivity index (χ0) is 22.7. The first-order valence-electron chi connectivity index (χ1n) is 11.4. The topological polar surface area (TPSA) is 74.6 Å². The minimum atomic E-state index is -0.101. The maximum absolute atomic E-state index is 13.3. The molecule has 1 aromatic carbocycles. The van der Waals surface area contributed by atoms with Crippen LogP contribution in [0, 0.1) is 5.92 Å². The predicted octanol–water partition coefficient (Wildman–Crippen LogP) is 4.56.